The monoisotopic (exact) mass is 240 g/mol. The molecule has 0 amide bonds. The summed E-state index contributed by atoms with van der Waals surface area (Å²) in [6, 6.07) is 2.52. The van der Waals surface area contributed by atoms with Crippen LogP contribution in [0.3, 0.4) is 0 Å². The molecule has 17 heavy (non-hydrogen) atoms. The van der Waals surface area contributed by atoms with Crippen molar-refractivity contribution in [1.29, 1.82) is 5.26 Å². The van der Waals surface area contributed by atoms with Gasteiger partial charge in [-0.15, -0.1) is 0 Å². The average Bonchev–Trinajstić information content (AvgIpc) is 2.21. The smallest absolute Gasteiger partial charge is 0.317 e. The van der Waals surface area contributed by atoms with Crippen LogP contribution in [0.25, 0.3) is 0 Å². The molecule has 0 aromatic rings. The van der Waals surface area contributed by atoms with E-state index in [4.69, 9.17) is 10.4 Å². The largest absolute Gasteiger partial charge is 0.480 e. The van der Waals surface area contributed by atoms with Gasteiger partial charge in [-0.1, -0.05) is 6.42 Å². The van der Waals surface area contributed by atoms with Gasteiger partial charge in [-0.2, -0.15) is 5.26 Å². The van der Waals surface area contributed by atoms with Crippen molar-refractivity contribution in [2.75, 3.05) is 13.1 Å². The molecule has 0 heterocycles. The number of nitriles is 1. The number of carbonyl (C=O) groups is 1. The molecule has 0 fully saturated rings. The van der Waals surface area contributed by atoms with E-state index in [0.717, 1.165) is 25.8 Å². The molecule has 1 N–H and O–H groups in total. The predicted molar refractivity (Wildman–Crippen MR) is 67.6 cm³/mol. The average molecular weight is 240 g/mol. The zero-order chi connectivity index (χ0) is 13.5. The molecule has 0 aliphatic rings. The lowest BCUT2D eigenvalue weighted by Gasteiger charge is -2.24. The van der Waals surface area contributed by atoms with Crippen LogP contribution in [0.1, 0.15) is 47.0 Å². The summed E-state index contributed by atoms with van der Waals surface area (Å²) in [5, 5.41) is 17.6. The summed E-state index contributed by atoms with van der Waals surface area (Å²) >= 11 is 0. The molecule has 0 saturated carbocycles. The quantitative estimate of drug-likeness (QED) is 0.662. The Morgan fingerprint density at radius 2 is 2.00 bits per heavy atom. The van der Waals surface area contributed by atoms with Gasteiger partial charge in [0.05, 0.1) is 18.0 Å². The van der Waals surface area contributed by atoms with Gasteiger partial charge in [0.2, 0.25) is 0 Å². The van der Waals surface area contributed by atoms with Gasteiger partial charge in [0.25, 0.3) is 0 Å². The second-order valence-electron chi connectivity index (χ2n) is 5.41. The third-order valence-corrected chi connectivity index (χ3v) is 2.87. The minimum absolute atomic E-state index is 0.0965. The molecule has 0 aliphatic heterocycles. The predicted octanol–water partition coefficient (Wildman–Crippen LogP) is 2.50. The highest BCUT2D eigenvalue weighted by Crippen LogP contribution is 2.21. The number of carboxylic acid groups (broad SMARTS) is 1. The maximum Gasteiger partial charge on any atom is 0.317 e. The second-order valence-corrected chi connectivity index (χ2v) is 5.41. The van der Waals surface area contributed by atoms with Crippen molar-refractivity contribution in [2.45, 2.75) is 53.0 Å². The van der Waals surface area contributed by atoms with Crippen LogP contribution in [-0.2, 0) is 4.79 Å². The topological polar surface area (TPSA) is 64.3 Å². The van der Waals surface area contributed by atoms with Gasteiger partial charge in [0, 0.05) is 6.04 Å². The molecule has 0 aliphatic carbocycles. The third kappa shape index (κ3) is 7.76. The first kappa shape index (κ1) is 15.9. The SMILES string of the molecule is CC(C)N(CCCCC(C)(C)C#N)CC(=O)O. The van der Waals surface area contributed by atoms with Gasteiger partial charge in [0.15, 0.2) is 0 Å². The maximum absolute atomic E-state index is 10.7. The highest BCUT2D eigenvalue weighted by Gasteiger charge is 2.17. The van der Waals surface area contributed by atoms with Gasteiger partial charge in [-0.05, 0) is 47.1 Å². The zero-order valence-electron chi connectivity index (χ0n) is 11.4. The van der Waals surface area contributed by atoms with Crippen LogP contribution in [0.5, 0.6) is 0 Å². The zero-order valence-corrected chi connectivity index (χ0v) is 11.4. The van der Waals surface area contributed by atoms with E-state index in [1.807, 2.05) is 32.6 Å². The molecule has 0 saturated heterocycles. The number of nitrogens with zero attached hydrogens (tertiary/aromatic N) is 2. The minimum atomic E-state index is -0.781. The molecule has 0 atom stereocenters. The van der Waals surface area contributed by atoms with Gasteiger partial charge >= 0.3 is 5.97 Å². The molecular formula is C13H24N2O2. The summed E-state index contributed by atoms with van der Waals surface area (Å²) in [7, 11) is 0. The molecule has 4 nitrogen and oxygen atoms in total. The Morgan fingerprint density at radius 3 is 2.41 bits per heavy atom. The summed E-state index contributed by atoms with van der Waals surface area (Å²) in [6.07, 6.45) is 2.77. The molecule has 0 radical (unpaired) electrons. The first-order valence-corrected chi connectivity index (χ1v) is 6.15. The van der Waals surface area contributed by atoms with E-state index in [2.05, 4.69) is 6.07 Å². The summed E-state index contributed by atoms with van der Waals surface area (Å²) in [5.74, 6) is -0.781. The van der Waals surface area contributed by atoms with E-state index in [0.29, 0.717) is 0 Å². The summed E-state index contributed by atoms with van der Waals surface area (Å²) < 4.78 is 0. The van der Waals surface area contributed by atoms with Gasteiger partial charge < -0.3 is 5.11 Å². The lowest BCUT2D eigenvalue weighted by atomic mass is 9.89. The summed E-state index contributed by atoms with van der Waals surface area (Å²) in [4.78, 5) is 12.6. The van der Waals surface area contributed by atoms with Crippen molar-refractivity contribution < 1.29 is 9.90 Å². The van der Waals surface area contributed by atoms with Crippen molar-refractivity contribution in [2.24, 2.45) is 5.41 Å². The first-order chi connectivity index (χ1) is 7.78. The normalized spacial score (nSPS) is 11.8. The van der Waals surface area contributed by atoms with Crippen molar-refractivity contribution in [1.82, 2.24) is 4.90 Å². The number of carboxylic acids is 1. The molecule has 0 aromatic carbocycles. The fourth-order valence-corrected chi connectivity index (χ4v) is 1.63. The second kappa shape index (κ2) is 7.29. The molecule has 0 spiro atoms. The summed E-state index contributed by atoms with van der Waals surface area (Å²) in [6.45, 7) is 8.75. The number of aliphatic carboxylic acids is 1. The highest BCUT2D eigenvalue weighted by molar-refractivity contribution is 5.69. The number of hydrogen-bond acceptors (Lipinski definition) is 3. The Morgan fingerprint density at radius 1 is 1.41 bits per heavy atom. The van der Waals surface area contributed by atoms with Crippen molar-refractivity contribution in [3.63, 3.8) is 0 Å². The highest BCUT2D eigenvalue weighted by atomic mass is 16.4. The Kier molecular flexibility index (Phi) is 6.82. The third-order valence-electron chi connectivity index (χ3n) is 2.87. The van der Waals surface area contributed by atoms with Crippen LogP contribution in [-0.4, -0.2) is 35.1 Å². The number of hydrogen-bond donors (Lipinski definition) is 1. The minimum Gasteiger partial charge on any atom is -0.480 e. The number of unbranched alkanes of at least 4 members (excludes halogenated alkanes) is 1. The van der Waals surface area contributed by atoms with Gasteiger partial charge in [-0.3, -0.25) is 9.69 Å². The fourth-order valence-electron chi connectivity index (χ4n) is 1.63. The molecule has 0 bridgehead atoms. The van der Waals surface area contributed by atoms with Crippen LogP contribution in [0.2, 0.25) is 0 Å². The molecule has 98 valence electrons. The van der Waals surface area contributed by atoms with Crippen LogP contribution < -0.4 is 0 Å². The van der Waals surface area contributed by atoms with Crippen LogP contribution in [0.15, 0.2) is 0 Å². The van der Waals surface area contributed by atoms with Crippen LogP contribution in [0, 0.1) is 16.7 Å². The fraction of sp³-hybridized carbons (Fsp3) is 0.846. The standard InChI is InChI=1S/C13H24N2O2/c1-11(2)15(9-12(16)17)8-6-5-7-13(3,4)10-14/h11H,5-9H2,1-4H3,(H,16,17). The molecule has 0 unspecified atom stereocenters. The Balaban J connectivity index is 3.92. The van der Waals surface area contributed by atoms with Crippen LogP contribution in [0.4, 0.5) is 0 Å². The van der Waals surface area contributed by atoms with Crippen LogP contribution >= 0.6 is 0 Å². The van der Waals surface area contributed by atoms with E-state index in [9.17, 15) is 4.79 Å². The molecule has 0 aromatic heterocycles. The molecular weight excluding hydrogens is 216 g/mol. The van der Waals surface area contributed by atoms with Gasteiger partial charge in [0.1, 0.15) is 0 Å². The Bertz CT molecular complexity index is 280. The van der Waals surface area contributed by atoms with Crippen molar-refractivity contribution in [3.05, 3.63) is 0 Å². The van der Waals surface area contributed by atoms with Crippen molar-refractivity contribution >= 4 is 5.97 Å². The van der Waals surface area contributed by atoms with E-state index in [-0.39, 0.29) is 18.0 Å². The number of rotatable bonds is 8. The Labute approximate surface area is 104 Å². The van der Waals surface area contributed by atoms with E-state index in [1.165, 1.54) is 0 Å². The van der Waals surface area contributed by atoms with Gasteiger partial charge in [-0.25, -0.2) is 0 Å². The van der Waals surface area contributed by atoms with E-state index in [1.54, 1.807) is 0 Å². The maximum atomic E-state index is 10.7. The van der Waals surface area contributed by atoms with E-state index < -0.39 is 5.97 Å². The van der Waals surface area contributed by atoms with E-state index >= 15 is 0 Å². The van der Waals surface area contributed by atoms with Crippen molar-refractivity contribution in [3.8, 4) is 6.07 Å². The summed E-state index contributed by atoms with van der Waals surface area (Å²) in [5.41, 5.74) is -0.268. The molecule has 4 heteroatoms. The Hall–Kier alpha value is -1.08. The lowest BCUT2D eigenvalue weighted by molar-refractivity contribution is -0.138. The lowest BCUT2D eigenvalue weighted by Crippen LogP contribution is -2.36. The molecule has 0 rings (SSSR count). The first-order valence-electron chi connectivity index (χ1n) is 6.15.